The van der Waals surface area contributed by atoms with Crippen LogP contribution in [0.3, 0.4) is 0 Å². The Morgan fingerprint density at radius 2 is 2.09 bits per heavy atom. The first-order valence-electron chi connectivity index (χ1n) is 6.47. The van der Waals surface area contributed by atoms with Crippen LogP contribution in [-0.4, -0.2) is 35.7 Å². The van der Waals surface area contributed by atoms with E-state index in [0.29, 0.717) is 0 Å². The predicted molar refractivity (Wildman–Crippen MR) is 71.2 cm³/mol. The molecule has 23 heavy (non-hydrogen) atoms. The lowest BCUT2D eigenvalue weighted by Gasteiger charge is -2.11. The van der Waals surface area contributed by atoms with Gasteiger partial charge in [0.25, 0.3) is 6.43 Å². The molecule has 0 saturated heterocycles. The van der Waals surface area contributed by atoms with Crippen LogP contribution >= 0.6 is 0 Å². The second-order valence-electron chi connectivity index (χ2n) is 4.62. The molecular formula is C13H12F5N3O2. The highest BCUT2D eigenvalue weighted by atomic mass is 19.4. The molecule has 10 heteroatoms. The van der Waals surface area contributed by atoms with Gasteiger partial charge in [0.2, 0.25) is 5.91 Å². The highest BCUT2D eigenvalue weighted by Crippen LogP contribution is 2.36. The SMILES string of the molecule is O=C(CCOCC(F)F)Nc1cc(C(F)(F)F)c2cn[nH]c2c1. The van der Waals surface area contributed by atoms with Crippen molar-refractivity contribution < 1.29 is 31.5 Å². The van der Waals surface area contributed by atoms with Gasteiger partial charge in [-0.3, -0.25) is 9.89 Å². The first-order chi connectivity index (χ1) is 10.8. The number of anilines is 1. The quantitative estimate of drug-likeness (QED) is 0.628. The molecule has 0 aliphatic heterocycles. The zero-order valence-electron chi connectivity index (χ0n) is 11.6. The van der Waals surface area contributed by atoms with E-state index in [1.807, 2.05) is 0 Å². The Balaban J connectivity index is 2.07. The Labute approximate surface area is 126 Å². The highest BCUT2D eigenvalue weighted by Gasteiger charge is 2.33. The summed E-state index contributed by atoms with van der Waals surface area (Å²) in [5.74, 6) is -0.647. The normalized spacial score (nSPS) is 12.1. The van der Waals surface area contributed by atoms with Crippen molar-refractivity contribution in [1.82, 2.24) is 10.2 Å². The van der Waals surface area contributed by atoms with Gasteiger partial charge in [0, 0.05) is 11.1 Å². The Bertz CT molecular complexity index is 684. The number of rotatable bonds is 6. The van der Waals surface area contributed by atoms with Gasteiger partial charge < -0.3 is 10.1 Å². The molecule has 2 aromatic rings. The Hall–Kier alpha value is -2.23. The molecule has 0 aliphatic carbocycles. The molecule has 5 nitrogen and oxygen atoms in total. The standard InChI is InChI=1S/C13H12F5N3O2/c14-11(15)6-23-2-1-12(22)20-7-3-9(13(16,17)18)8-5-19-21-10(8)4-7/h3-5,11H,1-2,6H2,(H,19,21)(H,20,22). The Kier molecular flexibility index (Phi) is 5.14. The number of alkyl halides is 5. The third-order valence-electron chi connectivity index (χ3n) is 2.87. The van der Waals surface area contributed by atoms with Crippen molar-refractivity contribution in [2.24, 2.45) is 0 Å². The van der Waals surface area contributed by atoms with Crippen LogP contribution in [0.2, 0.25) is 0 Å². The number of aromatic nitrogens is 2. The summed E-state index contributed by atoms with van der Waals surface area (Å²) in [5.41, 5.74) is -0.898. The minimum absolute atomic E-state index is 0.0760. The number of nitrogens with one attached hydrogen (secondary N) is 2. The van der Waals surface area contributed by atoms with Crippen LogP contribution in [0.1, 0.15) is 12.0 Å². The number of hydrogen-bond donors (Lipinski definition) is 2. The van der Waals surface area contributed by atoms with Crippen molar-refractivity contribution in [1.29, 1.82) is 0 Å². The van der Waals surface area contributed by atoms with Gasteiger partial charge in [-0.15, -0.1) is 0 Å². The molecule has 0 saturated carbocycles. The van der Waals surface area contributed by atoms with E-state index in [1.165, 1.54) is 6.07 Å². The van der Waals surface area contributed by atoms with E-state index in [0.717, 1.165) is 12.3 Å². The monoisotopic (exact) mass is 337 g/mol. The van der Waals surface area contributed by atoms with Gasteiger partial charge in [0.05, 0.1) is 30.3 Å². The average molecular weight is 337 g/mol. The molecule has 0 aliphatic rings. The van der Waals surface area contributed by atoms with Crippen LogP contribution in [0, 0.1) is 0 Å². The van der Waals surface area contributed by atoms with E-state index in [9.17, 15) is 26.7 Å². The first kappa shape index (κ1) is 17.1. The lowest BCUT2D eigenvalue weighted by Crippen LogP contribution is -2.16. The van der Waals surface area contributed by atoms with Gasteiger partial charge >= 0.3 is 6.18 Å². The van der Waals surface area contributed by atoms with Gasteiger partial charge in [-0.1, -0.05) is 0 Å². The van der Waals surface area contributed by atoms with E-state index in [1.54, 1.807) is 0 Å². The van der Waals surface area contributed by atoms with Crippen molar-refractivity contribution in [3.05, 3.63) is 23.9 Å². The zero-order valence-corrected chi connectivity index (χ0v) is 11.6. The summed E-state index contributed by atoms with van der Waals surface area (Å²) >= 11 is 0. The second kappa shape index (κ2) is 6.90. The minimum atomic E-state index is -4.61. The van der Waals surface area contributed by atoms with Crippen molar-refractivity contribution in [3.63, 3.8) is 0 Å². The number of halogens is 5. The van der Waals surface area contributed by atoms with E-state index >= 15 is 0 Å². The van der Waals surface area contributed by atoms with E-state index in [4.69, 9.17) is 0 Å². The number of carbonyl (C=O) groups excluding carboxylic acids is 1. The summed E-state index contributed by atoms with van der Waals surface area (Å²) in [5, 5.41) is 8.10. The lowest BCUT2D eigenvalue weighted by molar-refractivity contribution is -0.136. The molecule has 1 aromatic heterocycles. The fourth-order valence-corrected chi connectivity index (χ4v) is 1.92. The molecule has 0 unspecified atom stereocenters. The third-order valence-corrected chi connectivity index (χ3v) is 2.87. The topological polar surface area (TPSA) is 67.0 Å². The predicted octanol–water partition coefficient (Wildman–Crippen LogP) is 3.19. The van der Waals surface area contributed by atoms with Crippen LogP contribution < -0.4 is 5.32 Å². The lowest BCUT2D eigenvalue weighted by atomic mass is 10.1. The number of fused-ring (bicyclic) bond motifs is 1. The Morgan fingerprint density at radius 3 is 2.74 bits per heavy atom. The van der Waals surface area contributed by atoms with Crippen molar-refractivity contribution in [3.8, 4) is 0 Å². The molecule has 2 rings (SSSR count). The molecule has 1 heterocycles. The van der Waals surface area contributed by atoms with E-state index < -0.39 is 30.7 Å². The molecule has 0 radical (unpaired) electrons. The number of aromatic amines is 1. The summed E-state index contributed by atoms with van der Waals surface area (Å²) in [6.07, 6.45) is -6.46. The average Bonchev–Trinajstić information content (AvgIpc) is 2.89. The number of nitrogens with zero attached hydrogens (tertiary/aromatic N) is 1. The van der Waals surface area contributed by atoms with E-state index in [-0.39, 0.29) is 29.6 Å². The number of amides is 1. The van der Waals surface area contributed by atoms with Crippen LogP contribution in [0.5, 0.6) is 0 Å². The van der Waals surface area contributed by atoms with Gasteiger partial charge in [-0.05, 0) is 12.1 Å². The number of H-pyrrole nitrogens is 1. The molecule has 0 bridgehead atoms. The largest absolute Gasteiger partial charge is 0.417 e. The number of ether oxygens (including phenoxy) is 1. The van der Waals surface area contributed by atoms with Gasteiger partial charge in [-0.2, -0.15) is 18.3 Å². The number of hydrogen-bond acceptors (Lipinski definition) is 3. The Morgan fingerprint density at radius 1 is 1.35 bits per heavy atom. The minimum Gasteiger partial charge on any atom is -0.375 e. The summed E-state index contributed by atoms with van der Waals surface area (Å²) in [7, 11) is 0. The smallest absolute Gasteiger partial charge is 0.375 e. The zero-order chi connectivity index (χ0) is 17.0. The second-order valence-corrected chi connectivity index (χ2v) is 4.62. The van der Waals surface area contributed by atoms with Gasteiger partial charge in [0.1, 0.15) is 6.61 Å². The summed E-state index contributed by atoms with van der Waals surface area (Å²) in [6.45, 7) is -1.06. The summed E-state index contributed by atoms with van der Waals surface area (Å²) in [6, 6.07) is 2.09. The van der Waals surface area contributed by atoms with Crippen molar-refractivity contribution >= 4 is 22.5 Å². The fraction of sp³-hybridized carbons (Fsp3) is 0.385. The third kappa shape index (κ3) is 4.62. The van der Waals surface area contributed by atoms with Crippen molar-refractivity contribution in [2.75, 3.05) is 18.5 Å². The molecule has 126 valence electrons. The van der Waals surface area contributed by atoms with Crippen molar-refractivity contribution in [2.45, 2.75) is 19.0 Å². The van der Waals surface area contributed by atoms with Crippen LogP contribution in [0.4, 0.5) is 27.6 Å². The fourth-order valence-electron chi connectivity index (χ4n) is 1.92. The van der Waals surface area contributed by atoms with Crippen LogP contribution in [0.15, 0.2) is 18.3 Å². The maximum atomic E-state index is 13.0. The van der Waals surface area contributed by atoms with Crippen LogP contribution in [-0.2, 0) is 15.7 Å². The molecular weight excluding hydrogens is 325 g/mol. The maximum Gasteiger partial charge on any atom is 0.417 e. The molecule has 2 N–H and O–H groups in total. The number of benzene rings is 1. The molecule has 1 amide bonds. The number of carbonyl (C=O) groups is 1. The van der Waals surface area contributed by atoms with Gasteiger partial charge in [-0.25, -0.2) is 8.78 Å². The van der Waals surface area contributed by atoms with E-state index in [2.05, 4.69) is 20.3 Å². The molecule has 0 spiro atoms. The molecule has 1 aromatic carbocycles. The summed E-state index contributed by atoms with van der Waals surface area (Å²) < 4.78 is 67.2. The maximum absolute atomic E-state index is 13.0. The summed E-state index contributed by atoms with van der Waals surface area (Å²) in [4.78, 5) is 11.6. The van der Waals surface area contributed by atoms with Crippen LogP contribution in [0.25, 0.3) is 10.9 Å². The molecule has 0 atom stereocenters. The van der Waals surface area contributed by atoms with Gasteiger partial charge in [0.15, 0.2) is 0 Å². The highest BCUT2D eigenvalue weighted by molar-refractivity contribution is 5.94. The molecule has 0 fully saturated rings. The first-order valence-corrected chi connectivity index (χ1v) is 6.47.